The second-order valence-electron chi connectivity index (χ2n) is 4.90. The minimum absolute atomic E-state index is 0.181. The van der Waals surface area contributed by atoms with Crippen molar-refractivity contribution in [2.24, 2.45) is 0 Å². The molecule has 19 heavy (non-hydrogen) atoms. The summed E-state index contributed by atoms with van der Waals surface area (Å²) >= 11 is 0. The van der Waals surface area contributed by atoms with Crippen LogP contribution in [-0.2, 0) is 14.9 Å². The fourth-order valence-electron chi connectivity index (χ4n) is 2.30. The van der Waals surface area contributed by atoms with Crippen molar-refractivity contribution in [2.75, 3.05) is 20.5 Å². The highest BCUT2D eigenvalue weighted by Gasteiger charge is 2.37. The van der Waals surface area contributed by atoms with Gasteiger partial charge in [0, 0.05) is 13.7 Å². The van der Waals surface area contributed by atoms with Gasteiger partial charge in [-0.3, -0.25) is 4.79 Å². The Kier molecular flexibility index (Phi) is 3.66. The zero-order valence-corrected chi connectivity index (χ0v) is 11.4. The second-order valence-corrected chi connectivity index (χ2v) is 4.90. The van der Waals surface area contributed by atoms with E-state index in [1.54, 1.807) is 20.1 Å². The van der Waals surface area contributed by atoms with Gasteiger partial charge in [-0.25, -0.2) is 0 Å². The Labute approximate surface area is 112 Å². The number of ether oxygens (including phenoxy) is 3. The van der Waals surface area contributed by atoms with Gasteiger partial charge in [0.1, 0.15) is 0 Å². The Hall–Kier alpha value is -1.75. The summed E-state index contributed by atoms with van der Waals surface area (Å²) in [6.07, 6.45) is 0.402. The van der Waals surface area contributed by atoms with Crippen LogP contribution in [0, 0.1) is 6.92 Å². The number of hydrogen-bond acceptors (Lipinski definition) is 4. The molecule has 1 aliphatic rings. The van der Waals surface area contributed by atoms with E-state index in [0.29, 0.717) is 24.5 Å². The maximum atomic E-state index is 11.7. The highest BCUT2D eigenvalue weighted by Crippen LogP contribution is 2.40. The third kappa shape index (κ3) is 2.38. The van der Waals surface area contributed by atoms with E-state index in [4.69, 9.17) is 14.2 Å². The summed E-state index contributed by atoms with van der Waals surface area (Å²) in [6, 6.07) is 3.59. The topological polar surface area (TPSA) is 65.0 Å². The van der Waals surface area contributed by atoms with Gasteiger partial charge in [-0.05, 0) is 43.5 Å². The largest absolute Gasteiger partial charge is 0.481 e. The van der Waals surface area contributed by atoms with Crippen LogP contribution in [0.15, 0.2) is 12.1 Å². The van der Waals surface area contributed by atoms with Crippen molar-refractivity contribution in [2.45, 2.75) is 25.7 Å². The maximum Gasteiger partial charge on any atom is 0.313 e. The van der Waals surface area contributed by atoms with Crippen LogP contribution in [0.4, 0.5) is 0 Å². The van der Waals surface area contributed by atoms with Crippen molar-refractivity contribution in [3.8, 4) is 11.5 Å². The molecule has 2 rings (SSSR count). The lowest BCUT2D eigenvalue weighted by molar-refractivity contribution is -0.144. The van der Waals surface area contributed by atoms with E-state index >= 15 is 0 Å². The molecular formula is C14H18O5. The summed E-state index contributed by atoms with van der Waals surface area (Å²) in [4.78, 5) is 11.7. The highest BCUT2D eigenvalue weighted by molar-refractivity contribution is 5.82. The predicted octanol–water partition coefficient (Wildman–Crippen LogP) is 2.10. The van der Waals surface area contributed by atoms with Crippen molar-refractivity contribution in [1.82, 2.24) is 0 Å². The molecule has 0 fully saturated rings. The number of carbonyl (C=O) groups is 1. The van der Waals surface area contributed by atoms with Crippen LogP contribution < -0.4 is 9.47 Å². The van der Waals surface area contributed by atoms with Gasteiger partial charge in [-0.1, -0.05) is 0 Å². The zero-order chi connectivity index (χ0) is 14.0. The number of methoxy groups -OCH3 is 1. The second kappa shape index (κ2) is 5.09. The van der Waals surface area contributed by atoms with E-state index in [1.165, 1.54) is 0 Å². The van der Waals surface area contributed by atoms with E-state index in [-0.39, 0.29) is 6.79 Å². The summed E-state index contributed by atoms with van der Waals surface area (Å²) in [5.41, 5.74) is 0.618. The van der Waals surface area contributed by atoms with Gasteiger partial charge < -0.3 is 19.3 Å². The highest BCUT2D eigenvalue weighted by atomic mass is 16.7. The molecule has 1 N–H and O–H groups in total. The molecule has 0 saturated heterocycles. The normalized spacial score (nSPS) is 16.2. The first-order valence-corrected chi connectivity index (χ1v) is 6.12. The van der Waals surface area contributed by atoms with Crippen LogP contribution in [0.3, 0.4) is 0 Å². The van der Waals surface area contributed by atoms with Crippen molar-refractivity contribution >= 4 is 5.97 Å². The van der Waals surface area contributed by atoms with E-state index < -0.39 is 11.4 Å². The molecule has 1 unspecified atom stereocenters. The number of fused-ring (bicyclic) bond motifs is 1. The molecule has 0 radical (unpaired) electrons. The summed E-state index contributed by atoms with van der Waals surface area (Å²) in [6.45, 7) is 4.15. The fraction of sp³-hybridized carbons (Fsp3) is 0.500. The molecule has 0 amide bonds. The maximum absolute atomic E-state index is 11.7. The number of aliphatic carboxylic acids is 1. The predicted molar refractivity (Wildman–Crippen MR) is 68.8 cm³/mol. The molecule has 104 valence electrons. The number of aryl methyl sites for hydroxylation is 1. The van der Waals surface area contributed by atoms with Crippen LogP contribution in [0.5, 0.6) is 11.5 Å². The first-order chi connectivity index (χ1) is 8.99. The third-order valence-corrected chi connectivity index (χ3v) is 3.59. The lowest BCUT2D eigenvalue weighted by atomic mass is 9.77. The van der Waals surface area contributed by atoms with Crippen LogP contribution in [0.1, 0.15) is 24.5 Å². The molecule has 1 heterocycles. The van der Waals surface area contributed by atoms with Gasteiger partial charge in [0.15, 0.2) is 11.5 Å². The van der Waals surface area contributed by atoms with Gasteiger partial charge in [0.2, 0.25) is 6.79 Å². The van der Waals surface area contributed by atoms with Crippen molar-refractivity contribution in [3.05, 3.63) is 23.3 Å². The Morgan fingerprint density at radius 3 is 2.63 bits per heavy atom. The molecule has 1 aromatic rings. The molecule has 0 saturated carbocycles. The number of carboxylic acid groups (broad SMARTS) is 1. The van der Waals surface area contributed by atoms with E-state index in [1.807, 2.05) is 13.0 Å². The Morgan fingerprint density at radius 2 is 2.05 bits per heavy atom. The van der Waals surface area contributed by atoms with Crippen LogP contribution in [0.2, 0.25) is 0 Å². The first kappa shape index (κ1) is 13.7. The zero-order valence-electron chi connectivity index (χ0n) is 11.4. The molecule has 1 aliphatic heterocycles. The molecule has 0 aromatic heterocycles. The minimum atomic E-state index is -0.999. The summed E-state index contributed by atoms with van der Waals surface area (Å²) in [5.74, 6) is 0.401. The SMILES string of the molecule is COCCC(C)(C(=O)O)c1cc2c(cc1C)OCO2. The summed E-state index contributed by atoms with van der Waals surface area (Å²) in [5, 5.41) is 9.56. The van der Waals surface area contributed by atoms with Gasteiger partial charge in [-0.2, -0.15) is 0 Å². The average molecular weight is 266 g/mol. The van der Waals surface area contributed by atoms with Crippen LogP contribution in [-0.4, -0.2) is 31.6 Å². The Bertz CT molecular complexity index is 497. The number of benzene rings is 1. The van der Waals surface area contributed by atoms with Crippen molar-refractivity contribution in [3.63, 3.8) is 0 Å². The molecule has 0 aliphatic carbocycles. The van der Waals surface area contributed by atoms with Crippen molar-refractivity contribution in [1.29, 1.82) is 0 Å². The smallest absolute Gasteiger partial charge is 0.313 e. The van der Waals surface area contributed by atoms with E-state index in [9.17, 15) is 9.90 Å². The van der Waals surface area contributed by atoms with E-state index in [0.717, 1.165) is 11.1 Å². The molecule has 1 aromatic carbocycles. The van der Waals surface area contributed by atoms with E-state index in [2.05, 4.69) is 0 Å². The molecule has 0 bridgehead atoms. The number of hydrogen-bond donors (Lipinski definition) is 1. The Balaban J connectivity index is 2.45. The van der Waals surface area contributed by atoms with Gasteiger partial charge in [0.25, 0.3) is 0 Å². The molecule has 5 heteroatoms. The molecule has 5 nitrogen and oxygen atoms in total. The first-order valence-electron chi connectivity index (χ1n) is 6.12. The lowest BCUT2D eigenvalue weighted by Crippen LogP contribution is -2.34. The van der Waals surface area contributed by atoms with Crippen LogP contribution in [0.25, 0.3) is 0 Å². The van der Waals surface area contributed by atoms with Gasteiger partial charge >= 0.3 is 5.97 Å². The quantitative estimate of drug-likeness (QED) is 0.884. The van der Waals surface area contributed by atoms with Crippen LogP contribution >= 0.6 is 0 Å². The van der Waals surface area contributed by atoms with Crippen molar-refractivity contribution < 1.29 is 24.1 Å². The number of carboxylic acids is 1. The Morgan fingerprint density at radius 1 is 1.42 bits per heavy atom. The third-order valence-electron chi connectivity index (χ3n) is 3.59. The minimum Gasteiger partial charge on any atom is -0.481 e. The lowest BCUT2D eigenvalue weighted by Gasteiger charge is -2.27. The average Bonchev–Trinajstić information content (AvgIpc) is 2.81. The summed E-state index contributed by atoms with van der Waals surface area (Å²) < 4.78 is 15.6. The fourth-order valence-corrected chi connectivity index (χ4v) is 2.30. The number of rotatable bonds is 5. The molecule has 0 spiro atoms. The van der Waals surface area contributed by atoms with Gasteiger partial charge in [0.05, 0.1) is 5.41 Å². The molecular weight excluding hydrogens is 248 g/mol. The monoisotopic (exact) mass is 266 g/mol. The molecule has 1 atom stereocenters. The standard InChI is InChI=1S/C14H18O5/c1-9-6-11-12(19-8-18-11)7-10(9)14(2,13(15)16)4-5-17-3/h6-7H,4-5,8H2,1-3H3,(H,15,16). The summed E-state index contributed by atoms with van der Waals surface area (Å²) in [7, 11) is 1.56. The van der Waals surface area contributed by atoms with Gasteiger partial charge in [-0.15, -0.1) is 0 Å².